The van der Waals surface area contributed by atoms with Gasteiger partial charge in [-0.05, 0) is 31.0 Å². The van der Waals surface area contributed by atoms with Crippen molar-refractivity contribution < 1.29 is 9.18 Å². The fourth-order valence-corrected chi connectivity index (χ4v) is 2.51. The number of amides is 1. The Balaban J connectivity index is 2.62. The molecule has 1 aromatic carbocycles. The van der Waals surface area contributed by atoms with Crippen molar-refractivity contribution in [2.75, 3.05) is 11.5 Å². The van der Waals surface area contributed by atoms with Crippen molar-refractivity contribution in [2.24, 2.45) is 0 Å². The van der Waals surface area contributed by atoms with E-state index in [1.807, 2.05) is 13.8 Å². The lowest BCUT2D eigenvalue weighted by molar-refractivity contribution is -0.119. The molecule has 0 heterocycles. The summed E-state index contributed by atoms with van der Waals surface area (Å²) in [5.74, 6) is 2.30. The monoisotopic (exact) mass is 294 g/mol. The first-order chi connectivity index (χ1) is 9.46. The van der Waals surface area contributed by atoms with E-state index < -0.39 is 5.54 Å². The Morgan fingerprint density at radius 2 is 2.15 bits per heavy atom. The number of benzene rings is 1. The van der Waals surface area contributed by atoms with Gasteiger partial charge in [0.25, 0.3) is 0 Å². The van der Waals surface area contributed by atoms with E-state index in [1.165, 1.54) is 23.9 Å². The predicted molar refractivity (Wildman–Crippen MR) is 81.8 cm³/mol. The van der Waals surface area contributed by atoms with E-state index in [4.69, 9.17) is 12.2 Å². The van der Waals surface area contributed by atoms with E-state index in [2.05, 4.69) is 11.2 Å². The highest BCUT2D eigenvalue weighted by atomic mass is 32.2. The summed E-state index contributed by atoms with van der Waals surface area (Å²) in [5.41, 5.74) is 5.43. The summed E-state index contributed by atoms with van der Waals surface area (Å²) in [6.45, 7) is 3.88. The third-order valence-corrected chi connectivity index (χ3v) is 4.28. The van der Waals surface area contributed by atoms with Gasteiger partial charge in [-0.15, -0.1) is 18.2 Å². The molecule has 0 saturated heterocycles. The van der Waals surface area contributed by atoms with Crippen LogP contribution in [-0.2, 0) is 4.79 Å². The second-order valence-electron chi connectivity index (χ2n) is 4.45. The third-order valence-electron chi connectivity index (χ3n) is 3.19. The van der Waals surface area contributed by atoms with E-state index in [0.717, 1.165) is 0 Å². The molecule has 0 bridgehead atoms. The number of thioether (sulfide) groups is 1. The number of carbonyl (C=O) groups is 1. The molecule has 1 amide bonds. The highest BCUT2D eigenvalue weighted by molar-refractivity contribution is 8.00. The maximum absolute atomic E-state index is 12.9. The molecule has 0 aliphatic rings. The number of nitrogens with two attached hydrogens (primary N) is 1. The van der Waals surface area contributed by atoms with Gasteiger partial charge in [-0.2, -0.15) is 0 Å². The molecule has 0 aliphatic heterocycles. The maximum atomic E-state index is 12.9. The average molecular weight is 294 g/mol. The minimum atomic E-state index is -0.591. The van der Waals surface area contributed by atoms with Crippen molar-refractivity contribution in [2.45, 2.75) is 37.1 Å². The van der Waals surface area contributed by atoms with Gasteiger partial charge in [0.05, 0.1) is 5.75 Å². The van der Waals surface area contributed by atoms with Crippen molar-refractivity contribution >= 4 is 23.4 Å². The van der Waals surface area contributed by atoms with Gasteiger partial charge in [0.15, 0.2) is 0 Å². The van der Waals surface area contributed by atoms with E-state index >= 15 is 0 Å². The number of nitrogen functional groups attached to an aromatic ring is 1. The highest BCUT2D eigenvalue weighted by Gasteiger charge is 2.25. The molecule has 0 spiro atoms. The van der Waals surface area contributed by atoms with Crippen LogP contribution in [0.15, 0.2) is 23.1 Å². The summed E-state index contributed by atoms with van der Waals surface area (Å²) in [6.07, 6.45) is 6.84. The fraction of sp³-hybridized carbons (Fsp3) is 0.400. The second-order valence-corrected chi connectivity index (χ2v) is 5.47. The average Bonchev–Trinajstić information content (AvgIpc) is 2.44. The molecule has 3 N–H and O–H groups in total. The van der Waals surface area contributed by atoms with Gasteiger partial charge in [0.2, 0.25) is 5.91 Å². The zero-order chi connectivity index (χ0) is 15.2. The topological polar surface area (TPSA) is 55.1 Å². The van der Waals surface area contributed by atoms with Gasteiger partial charge < -0.3 is 11.1 Å². The summed E-state index contributed by atoms with van der Waals surface area (Å²) in [6, 6.07) is 4.13. The lowest BCUT2D eigenvalue weighted by atomic mass is 9.94. The van der Waals surface area contributed by atoms with Crippen LogP contribution in [0.4, 0.5) is 10.1 Å². The van der Waals surface area contributed by atoms with Crippen molar-refractivity contribution in [1.82, 2.24) is 5.32 Å². The number of hydrogen-bond acceptors (Lipinski definition) is 3. The molecule has 0 fully saturated rings. The molecule has 3 nitrogen and oxygen atoms in total. The lowest BCUT2D eigenvalue weighted by Crippen LogP contribution is -2.47. The quantitative estimate of drug-likeness (QED) is 0.482. The molecule has 0 unspecified atom stereocenters. The zero-order valence-electron chi connectivity index (χ0n) is 11.7. The molecule has 5 heteroatoms. The van der Waals surface area contributed by atoms with E-state index in [-0.39, 0.29) is 17.5 Å². The Hall–Kier alpha value is -1.67. The number of hydrogen-bond donors (Lipinski definition) is 2. The Labute approximate surface area is 123 Å². The predicted octanol–water partition coefficient (Wildman–Crippen LogP) is 2.81. The minimum Gasteiger partial charge on any atom is -0.398 e. The minimum absolute atomic E-state index is 0.152. The van der Waals surface area contributed by atoms with Gasteiger partial charge in [-0.1, -0.05) is 19.8 Å². The molecule has 1 rings (SSSR count). The first kappa shape index (κ1) is 16.4. The van der Waals surface area contributed by atoms with Crippen molar-refractivity contribution in [3.8, 4) is 12.3 Å². The first-order valence-corrected chi connectivity index (χ1v) is 7.41. The second kappa shape index (κ2) is 7.20. The molecule has 1 aromatic rings. The van der Waals surface area contributed by atoms with Crippen molar-refractivity contribution in [1.29, 1.82) is 0 Å². The standard InChI is InChI=1S/C15H19FN2OS/c1-4-15(5-2,6-3)18-14(19)10-20-13-8-7-11(16)9-12(13)17/h1,7-9H,5-6,10,17H2,2-3H3,(H,18,19). The molecule has 0 radical (unpaired) electrons. The molecule has 0 atom stereocenters. The lowest BCUT2D eigenvalue weighted by Gasteiger charge is -2.27. The number of halogens is 1. The number of anilines is 1. The number of carbonyl (C=O) groups excluding carboxylic acids is 1. The molecule has 20 heavy (non-hydrogen) atoms. The van der Waals surface area contributed by atoms with E-state index in [9.17, 15) is 9.18 Å². The van der Waals surface area contributed by atoms with Crippen LogP contribution in [-0.4, -0.2) is 17.2 Å². The number of terminal acetylenes is 1. The first-order valence-electron chi connectivity index (χ1n) is 6.43. The Bertz CT molecular complexity index is 521. The van der Waals surface area contributed by atoms with Gasteiger partial charge >= 0.3 is 0 Å². The zero-order valence-corrected chi connectivity index (χ0v) is 12.5. The van der Waals surface area contributed by atoms with E-state index in [0.29, 0.717) is 23.4 Å². The normalized spacial score (nSPS) is 10.9. The summed E-state index contributed by atoms with van der Waals surface area (Å²) in [4.78, 5) is 12.6. The Morgan fingerprint density at radius 1 is 1.50 bits per heavy atom. The highest BCUT2D eigenvalue weighted by Crippen LogP contribution is 2.25. The van der Waals surface area contributed by atoms with Crippen molar-refractivity contribution in [3.05, 3.63) is 24.0 Å². The van der Waals surface area contributed by atoms with Gasteiger partial charge in [0.1, 0.15) is 11.4 Å². The Kier molecular flexibility index (Phi) is 5.90. The summed E-state index contributed by atoms with van der Waals surface area (Å²) in [7, 11) is 0. The van der Waals surface area contributed by atoms with Crippen molar-refractivity contribution in [3.63, 3.8) is 0 Å². The van der Waals surface area contributed by atoms with Crippen LogP contribution in [0.2, 0.25) is 0 Å². The molecule has 0 aliphatic carbocycles. The van der Waals surface area contributed by atoms with Crippen LogP contribution < -0.4 is 11.1 Å². The van der Waals surface area contributed by atoms with Crippen LogP contribution >= 0.6 is 11.8 Å². The number of nitrogens with one attached hydrogen (secondary N) is 1. The van der Waals surface area contributed by atoms with Gasteiger partial charge in [0, 0.05) is 10.6 Å². The third kappa shape index (κ3) is 4.17. The van der Waals surface area contributed by atoms with Crippen LogP contribution in [0, 0.1) is 18.2 Å². The van der Waals surface area contributed by atoms with Gasteiger partial charge in [-0.25, -0.2) is 4.39 Å². The number of rotatable bonds is 6. The van der Waals surface area contributed by atoms with Crippen LogP contribution in [0.1, 0.15) is 26.7 Å². The Morgan fingerprint density at radius 3 is 2.65 bits per heavy atom. The fourth-order valence-electron chi connectivity index (χ4n) is 1.76. The molecular formula is C15H19FN2OS. The van der Waals surface area contributed by atoms with Gasteiger partial charge in [-0.3, -0.25) is 4.79 Å². The van der Waals surface area contributed by atoms with Crippen LogP contribution in [0.25, 0.3) is 0 Å². The van der Waals surface area contributed by atoms with E-state index in [1.54, 1.807) is 6.07 Å². The summed E-state index contributed by atoms with van der Waals surface area (Å²) in [5, 5.41) is 2.87. The molecular weight excluding hydrogens is 275 g/mol. The molecule has 108 valence electrons. The SMILES string of the molecule is C#CC(CC)(CC)NC(=O)CSc1ccc(F)cc1N. The summed E-state index contributed by atoms with van der Waals surface area (Å²) < 4.78 is 12.9. The summed E-state index contributed by atoms with van der Waals surface area (Å²) >= 11 is 1.26. The molecule has 0 aromatic heterocycles. The smallest absolute Gasteiger partial charge is 0.231 e. The molecule has 0 saturated carbocycles. The van der Waals surface area contributed by atoms with Crippen LogP contribution in [0.5, 0.6) is 0 Å². The van der Waals surface area contributed by atoms with Crippen LogP contribution in [0.3, 0.4) is 0 Å². The maximum Gasteiger partial charge on any atom is 0.231 e. The largest absolute Gasteiger partial charge is 0.398 e.